The fraction of sp³-hybridized carbons (Fsp3) is 0.800. The largest absolute Gasteiger partial charge is 0.480 e. The van der Waals surface area contributed by atoms with Crippen molar-refractivity contribution in [1.82, 2.24) is 15.5 Å². The average molecular weight is 511 g/mol. The van der Waals surface area contributed by atoms with Gasteiger partial charge in [-0.1, -0.05) is 46.0 Å². The van der Waals surface area contributed by atoms with Gasteiger partial charge in [-0.15, -0.1) is 0 Å². The van der Waals surface area contributed by atoms with Crippen molar-refractivity contribution in [3.63, 3.8) is 0 Å². The van der Waals surface area contributed by atoms with Gasteiger partial charge in [0.2, 0.25) is 11.8 Å². The van der Waals surface area contributed by atoms with Crippen LogP contribution in [0.1, 0.15) is 78.1 Å². The lowest BCUT2D eigenvalue weighted by molar-refractivity contribution is -0.151. The predicted octanol–water partition coefficient (Wildman–Crippen LogP) is 0.894. The Balaban J connectivity index is 2.22. The quantitative estimate of drug-likeness (QED) is 0.168. The van der Waals surface area contributed by atoms with Gasteiger partial charge in [-0.3, -0.25) is 24.5 Å². The molecule has 0 bridgehead atoms. The minimum absolute atomic E-state index is 0.139. The van der Waals surface area contributed by atoms with Crippen molar-refractivity contribution >= 4 is 29.5 Å². The molecule has 1 aliphatic carbocycles. The van der Waals surface area contributed by atoms with Crippen LogP contribution in [0.25, 0.3) is 0 Å². The summed E-state index contributed by atoms with van der Waals surface area (Å²) < 4.78 is 0. The molecule has 2 aliphatic rings. The second-order valence-corrected chi connectivity index (χ2v) is 10.8. The zero-order valence-corrected chi connectivity index (χ0v) is 21.5. The van der Waals surface area contributed by atoms with Crippen LogP contribution in [0.15, 0.2) is 0 Å². The Morgan fingerprint density at radius 3 is 2.28 bits per heavy atom. The molecule has 0 spiro atoms. The average Bonchev–Trinajstić information content (AvgIpc) is 3.15. The normalized spacial score (nSPS) is 21.5. The summed E-state index contributed by atoms with van der Waals surface area (Å²) in [6.07, 6.45) is 7.50. The minimum atomic E-state index is -1.63. The van der Waals surface area contributed by atoms with E-state index in [1.165, 1.54) is 4.90 Å². The number of likely N-dealkylation sites (tertiary alicyclic amines) is 1. The summed E-state index contributed by atoms with van der Waals surface area (Å²) in [6, 6.07) is -2.86. The fourth-order valence-electron chi connectivity index (χ4n) is 5.43. The minimum Gasteiger partial charge on any atom is -0.480 e. The molecular formula is C25H42N4O7. The van der Waals surface area contributed by atoms with Crippen molar-refractivity contribution < 1.29 is 34.2 Å². The monoisotopic (exact) mass is 510 g/mol. The zero-order valence-electron chi connectivity index (χ0n) is 21.5. The summed E-state index contributed by atoms with van der Waals surface area (Å²) in [6.45, 7) is 4.03. The van der Waals surface area contributed by atoms with Gasteiger partial charge in [0, 0.05) is 6.54 Å². The Bertz CT molecular complexity index is 810. The van der Waals surface area contributed by atoms with Crippen LogP contribution >= 0.6 is 0 Å². The van der Waals surface area contributed by atoms with Crippen molar-refractivity contribution in [2.24, 2.45) is 17.1 Å². The van der Waals surface area contributed by atoms with E-state index in [0.29, 0.717) is 44.7 Å². The smallest absolute Gasteiger partial charge is 0.374 e. The maximum absolute atomic E-state index is 13.7. The maximum Gasteiger partial charge on any atom is 0.374 e. The number of carboxylic acids is 2. The molecule has 2 amide bonds. The lowest BCUT2D eigenvalue weighted by atomic mass is 9.83. The molecule has 0 aromatic heterocycles. The van der Waals surface area contributed by atoms with Gasteiger partial charge < -0.3 is 26.2 Å². The number of Topliss-reactive ketones (excluding diaryl/α,β-unsaturated/α-hetero) is 1. The zero-order chi connectivity index (χ0) is 26.9. The molecule has 0 aromatic carbocycles. The van der Waals surface area contributed by atoms with Gasteiger partial charge in [0.25, 0.3) is 5.78 Å². The highest BCUT2D eigenvalue weighted by Gasteiger charge is 2.49. The molecule has 1 heterocycles. The summed E-state index contributed by atoms with van der Waals surface area (Å²) in [7, 11) is 0. The standard InChI is InChI=1S/C25H42N4O7/c1-25(2)11-13-29(21(25)22(33)28-17(10-6-7-12-26)20(32)24(35)36)23(34)18(27-15-19(30)31)14-16-8-4-3-5-9-16/h16-18,21,27H,3-15,26H2,1-2H3,(H,28,33)(H,30,31)(H,35,36)/t17-,18-,21-/m1/s1. The number of ketones is 1. The van der Waals surface area contributed by atoms with Crippen molar-refractivity contribution in [3.05, 3.63) is 0 Å². The Kier molecular flexibility index (Phi) is 11.3. The Morgan fingerprint density at radius 2 is 1.69 bits per heavy atom. The molecule has 0 radical (unpaired) electrons. The van der Waals surface area contributed by atoms with E-state index >= 15 is 0 Å². The van der Waals surface area contributed by atoms with Gasteiger partial charge in [0.1, 0.15) is 6.04 Å². The first-order chi connectivity index (χ1) is 17.0. The predicted molar refractivity (Wildman–Crippen MR) is 132 cm³/mol. The highest BCUT2D eigenvalue weighted by Crippen LogP contribution is 2.37. The first-order valence-electron chi connectivity index (χ1n) is 13.0. The first kappa shape index (κ1) is 29.7. The lowest BCUT2D eigenvalue weighted by Crippen LogP contribution is -2.58. The number of rotatable bonds is 14. The highest BCUT2D eigenvalue weighted by atomic mass is 16.4. The van der Waals surface area contributed by atoms with Gasteiger partial charge in [-0.25, -0.2) is 4.79 Å². The van der Waals surface area contributed by atoms with Gasteiger partial charge in [0.05, 0.1) is 18.6 Å². The van der Waals surface area contributed by atoms with E-state index in [-0.39, 0.29) is 18.9 Å². The Morgan fingerprint density at radius 1 is 1.03 bits per heavy atom. The molecule has 3 atom stereocenters. The van der Waals surface area contributed by atoms with Crippen LogP contribution in [-0.4, -0.2) is 82.4 Å². The summed E-state index contributed by atoms with van der Waals surface area (Å²) in [5.41, 5.74) is 4.89. The van der Waals surface area contributed by atoms with Crippen LogP contribution in [0.5, 0.6) is 0 Å². The number of nitrogens with one attached hydrogen (secondary N) is 2. The number of amides is 2. The molecule has 11 nitrogen and oxygen atoms in total. The van der Waals surface area contributed by atoms with Crippen LogP contribution in [-0.2, 0) is 24.0 Å². The molecule has 2 fully saturated rings. The summed E-state index contributed by atoms with van der Waals surface area (Å²) in [5, 5.41) is 23.9. The Hall–Kier alpha value is -2.53. The molecular weight excluding hydrogens is 468 g/mol. The molecule has 1 saturated carbocycles. The van der Waals surface area contributed by atoms with Gasteiger partial charge in [-0.05, 0) is 50.0 Å². The molecule has 1 aliphatic heterocycles. The van der Waals surface area contributed by atoms with Gasteiger partial charge in [-0.2, -0.15) is 0 Å². The van der Waals surface area contributed by atoms with E-state index in [2.05, 4.69) is 10.6 Å². The fourth-order valence-corrected chi connectivity index (χ4v) is 5.43. The summed E-state index contributed by atoms with van der Waals surface area (Å²) in [5.74, 6) is -4.41. The molecule has 0 unspecified atom stereocenters. The van der Waals surface area contributed by atoms with Crippen molar-refractivity contribution in [1.29, 1.82) is 0 Å². The molecule has 6 N–H and O–H groups in total. The number of unbranched alkanes of at least 4 members (excludes halogenated alkanes) is 1. The topological polar surface area (TPSA) is 179 Å². The summed E-state index contributed by atoms with van der Waals surface area (Å²) >= 11 is 0. The van der Waals surface area contributed by atoms with Gasteiger partial charge >= 0.3 is 11.9 Å². The van der Waals surface area contributed by atoms with E-state index in [9.17, 15) is 34.2 Å². The number of carbonyl (C=O) groups is 5. The van der Waals surface area contributed by atoms with Crippen LogP contribution in [0, 0.1) is 11.3 Å². The lowest BCUT2D eigenvalue weighted by Gasteiger charge is -2.35. The Labute approximate surface area is 212 Å². The van der Waals surface area contributed by atoms with Crippen LogP contribution in [0.3, 0.4) is 0 Å². The van der Waals surface area contributed by atoms with Crippen molar-refractivity contribution in [3.8, 4) is 0 Å². The van der Waals surface area contributed by atoms with E-state index in [4.69, 9.17) is 5.73 Å². The molecule has 1 saturated heterocycles. The number of carboxylic acid groups (broad SMARTS) is 2. The second kappa shape index (κ2) is 13.7. The van der Waals surface area contributed by atoms with Crippen LogP contribution in [0.4, 0.5) is 0 Å². The first-order valence-corrected chi connectivity index (χ1v) is 13.0. The number of hydrogen-bond acceptors (Lipinski definition) is 7. The molecule has 36 heavy (non-hydrogen) atoms. The second-order valence-electron chi connectivity index (χ2n) is 10.8. The molecule has 0 aromatic rings. The third-order valence-corrected chi connectivity index (χ3v) is 7.46. The molecule has 11 heteroatoms. The summed E-state index contributed by atoms with van der Waals surface area (Å²) in [4.78, 5) is 63.4. The van der Waals surface area contributed by atoms with E-state index in [1.54, 1.807) is 0 Å². The molecule has 2 rings (SSSR count). The third-order valence-electron chi connectivity index (χ3n) is 7.46. The maximum atomic E-state index is 13.7. The number of carbonyl (C=O) groups excluding carboxylic acids is 3. The van der Waals surface area contributed by atoms with Gasteiger partial charge in [0.15, 0.2) is 0 Å². The van der Waals surface area contributed by atoms with Crippen molar-refractivity contribution in [2.75, 3.05) is 19.6 Å². The number of hydrogen-bond donors (Lipinski definition) is 5. The van der Waals surface area contributed by atoms with Crippen LogP contribution < -0.4 is 16.4 Å². The number of nitrogens with zero attached hydrogens (tertiary/aromatic N) is 1. The highest BCUT2D eigenvalue weighted by molar-refractivity contribution is 6.35. The third kappa shape index (κ3) is 8.26. The van der Waals surface area contributed by atoms with Crippen LogP contribution in [0.2, 0.25) is 0 Å². The van der Waals surface area contributed by atoms with Crippen molar-refractivity contribution in [2.45, 2.75) is 96.2 Å². The van der Waals surface area contributed by atoms with E-state index in [1.807, 2.05) is 13.8 Å². The SMILES string of the molecule is CC1(C)CCN(C(=O)[C@@H](CC2CCCCC2)NCC(=O)O)[C@@H]1C(=O)N[C@H](CCCCN)C(=O)C(=O)O. The van der Waals surface area contributed by atoms with E-state index in [0.717, 1.165) is 32.1 Å². The number of nitrogens with two attached hydrogens (primary N) is 1. The van der Waals surface area contributed by atoms with E-state index < -0.39 is 47.2 Å². The number of aliphatic carboxylic acids is 2. The molecule has 204 valence electrons.